The summed E-state index contributed by atoms with van der Waals surface area (Å²) in [5, 5.41) is 24.5. The average Bonchev–Trinajstić information content (AvgIpc) is 3.18. The summed E-state index contributed by atoms with van der Waals surface area (Å²) in [5.41, 5.74) is 1.30. The van der Waals surface area contributed by atoms with Crippen molar-refractivity contribution in [2.75, 3.05) is 0 Å². The lowest BCUT2D eigenvalue weighted by molar-refractivity contribution is -0.385. The van der Waals surface area contributed by atoms with Crippen LogP contribution in [0.15, 0.2) is 53.7 Å². The molecule has 0 spiro atoms. The molecular formula is C20H18N6O3. The van der Waals surface area contributed by atoms with Crippen molar-refractivity contribution in [1.82, 2.24) is 24.5 Å². The molecule has 0 unspecified atom stereocenters. The second-order valence-corrected chi connectivity index (χ2v) is 7.05. The molecule has 0 atom stereocenters. The van der Waals surface area contributed by atoms with Gasteiger partial charge < -0.3 is 4.57 Å². The standard InChI is InChI=1S/C20H18N6O3/c1-12(2)24-11-21-23-19(24)14-5-4-6-16(8-14)25-20(27)17-9-18(26(28)29)13(3)7-15(17)10-22-25/h4-12H,1-3H3. The Morgan fingerprint density at radius 1 is 1.17 bits per heavy atom. The molecule has 0 saturated heterocycles. The van der Waals surface area contributed by atoms with Gasteiger partial charge in [0.2, 0.25) is 0 Å². The highest BCUT2D eigenvalue weighted by molar-refractivity contribution is 5.84. The highest BCUT2D eigenvalue weighted by Gasteiger charge is 2.16. The average molecular weight is 390 g/mol. The largest absolute Gasteiger partial charge is 0.311 e. The molecular weight excluding hydrogens is 372 g/mol. The van der Waals surface area contributed by atoms with Gasteiger partial charge in [0.15, 0.2) is 5.82 Å². The third-order valence-electron chi connectivity index (χ3n) is 4.78. The van der Waals surface area contributed by atoms with Gasteiger partial charge in [-0.25, -0.2) is 0 Å². The molecule has 9 nitrogen and oxygen atoms in total. The van der Waals surface area contributed by atoms with Crippen molar-refractivity contribution in [3.05, 3.63) is 75.0 Å². The second kappa shape index (κ2) is 6.93. The quantitative estimate of drug-likeness (QED) is 0.390. The van der Waals surface area contributed by atoms with Crippen molar-refractivity contribution in [2.24, 2.45) is 0 Å². The number of hydrogen-bond acceptors (Lipinski definition) is 6. The molecule has 9 heteroatoms. The molecule has 0 bridgehead atoms. The maximum Gasteiger partial charge on any atom is 0.279 e. The van der Waals surface area contributed by atoms with Crippen LogP contribution in [0.5, 0.6) is 0 Å². The summed E-state index contributed by atoms with van der Waals surface area (Å²) >= 11 is 0. The number of fused-ring (bicyclic) bond motifs is 1. The minimum atomic E-state index is -0.488. The molecule has 29 heavy (non-hydrogen) atoms. The Kier molecular flexibility index (Phi) is 4.42. The van der Waals surface area contributed by atoms with Crippen LogP contribution < -0.4 is 5.56 Å². The first-order valence-electron chi connectivity index (χ1n) is 9.04. The number of aryl methyl sites for hydroxylation is 1. The summed E-state index contributed by atoms with van der Waals surface area (Å²) in [6, 6.07) is 10.3. The van der Waals surface area contributed by atoms with Crippen LogP contribution in [0.1, 0.15) is 25.5 Å². The monoisotopic (exact) mass is 390 g/mol. The Hall–Kier alpha value is -3.88. The fourth-order valence-electron chi connectivity index (χ4n) is 3.28. The van der Waals surface area contributed by atoms with Gasteiger partial charge in [0, 0.05) is 28.6 Å². The van der Waals surface area contributed by atoms with Gasteiger partial charge in [-0.15, -0.1) is 10.2 Å². The minimum Gasteiger partial charge on any atom is -0.311 e. The van der Waals surface area contributed by atoms with Gasteiger partial charge in [0.1, 0.15) is 6.33 Å². The second-order valence-electron chi connectivity index (χ2n) is 7.05. The van der Waals surface area contributed by atoms with Crippen LogP contribution in [0.4, 0.5) is 5.69 Å². The lowest BCUT2D eigenvalue weighted by atomic mass is 10.1. The maximum atomic E-state index is 13.0. The van der Waals surface area contributed by atoms with Crippen LogP contribution >= 0.6 is 0 Å². The van der Waals surface area contributed by atoms with E-state index in [0.29, 0.717) is 22.5 Å². The van der Waals surface area contributed by atoms with Crippen LogP contribution in [0, 0.1) is 17.0 Å². The van der Waals surface area contributed by atoms with Crippen molar-refractivity contribution in [3.8, 4) is 17.1 Å². The van der Waals surface area contributed by atoms with Gasteiger partial charge in [0.05, 0.1) is 22.2 Å². The van der Waals surface area contributed by atoms with E-state index in [0.717, 1.165) is 5.56 Å². The molecule has 4 rings (SSSR count). The third kappa shape index (κ3) is 3.16. The number of nitro benzene ring substituents is 1. The topological polar surface area (TPSA) is 109 Å². The molecule has 0 radical (unpaired) electrons. The van der Waals surface area contributed by atoms with E-state index in [1.54, 1.807) is 37.5 Å². The van der Waals surface area contributed by atoms with E-state index < -0.39 is 10.5 Å². The van der Waals surface area contributed by atoms with E-state index in [9.17, 15) is 14.9 Å². The smallest absolute Gasteiger partial charge is 0.279 e. The third-order valence-corrected chi connectivity index (χ3v) is 4.78. The van der Waals surface area contributed by atoms with Crippen LogP contribution in [-0.2, 0) is 0 Å². The summed E-state index contributed by atoms with van der Waals surface area (Å²) in [5.74, 6) is 0.682. The van der Waals surface area contributed by atoms with Crippen molar-refractivity contribution >= 4 is 16.5 Å². The van der Waals surface area contributed by atoms with Gasteiger partial charge in [-0.2, -0.15) is 9.78 Å². The fourth-order valence-corrected chi connectivity index (χ4v) is 3.28. The molecule has 2 heterocycles. The van der Waals surface area contributed by atoms with Crippen molar-refractivity contribution in [2.45, 2.75) is 26.8 Å². The van der Waals surface area contributed by atoms with Gasteiger partial charge >= 0.3 is 0 Å². The normalized spacial score (nSPS) is 11.3. The summed E-state index contributed by atoms with van der Waals surface area (Å²) < 4.78 is 3.17. The van der Waals surface area contributed by atoms with Crippen molar-refractivity contribution in [3.63, 3.8) is 0 Å². The van der Waals surface area contributed by atoms with Gasteiger partial charge in [-0.05, 0) is 39.0 Å². The Balaban J connectivity index is 1.88. The van der Waals surface area contributed by atoms with Crippen LogP contribution in [-0.4, -0.2) is 29.5 Å². The summed E-state index contributed by atoms with van der Waals surface area (Å²) in [4.78, 5) is 23.8. The number of hydrogen-bond donors (Lipinski definition) is 0. The van der Waals surface area contributed by atoms with E-state index >= 15 is 0 Å². The zero-order valence-electron chi connectivity index (χ0n) is 16.1. The highest BCUT2D eigenvalue weighted by Crippen LogP contribution is 2.24. The van der Waals surface area contributed by atoms with E-state index in [-0.39, 0.29) is 17.1 Å². The molecule has 0 aliphatic rings. The van der Waals surface area contributed by atoms with E-state index in [4.69, 9.17) is 0 Å². The molecule has 4 aromatic rings. The number of aromatic nitrogens is 5. The van der Waals surface area contributed by atoms with Gasteiger partial charge in [-0.3, -0.25) is 14.9 Å². The van der Waals surface area contributed by atoms with E-state index in [2.05, 4.69) is 15.3 Å². The summed E-state index contributed by atoms with van der Waals surface area (Å²) in [6.45, 7) is 5.69. The van der Waals surface area contributed by atoms with Crippen LogP contribution in [0.2, 0.25) is 0 Å². The van der Waals surface area contributed by atoms with Gasteiger partial charge in [0.25, 0.3) is 11.2 Å². The first-order chi connectivity index (χ1) is 13.9. The lowest BCUT2D eigenvalue weighted by Crippen LogP contribution is -2.21. The SMILES string of the molecule is Cc1cc2cnn(-c3cccc(-c4nncn4C(C)C)c3)c(=O)c2cc1[N+](=O)[O-]. The predicted molar refractivity (Wildman–Crippen MR) is 108 cm³/mol. The minimum absolute atomic E-state index is 0.0915. The molecule has 2 aromatic carbocycles. The zero-order chi connectivity index (χ0) is 20.7. The Morgan fingerprint density at radius 2 is 1.97 bits per heavy atom. The Bertz CT molecular complexity index is 1310. The Morgan fingerprint density at radius 3 is 2.69 bits per heavy atom. The van der Waals surface area contributed by atoms with E-state index in [1.165, 1.54) is 16.9 Å². The molecule has 146 valence electrons. The van der Waals surface area contributed by atoms with Gasteiger partial charge in [-0.1, -0.05) is 12.1 Å². The predicted octanol–water partition coefficient (Wildman–Crippen LogP) is 3.44. The summed E-state index contributed by atoms with van der Waals surface area (Å²) in [7, 11) is 0. The number of nitro groups is 1. The molecule has 0 aliphatic carbocycles. The maximum absolute atomic E-state index is 13.0. The first kappa shape index (κ1) is 18.5. The van der Waals surface area contributed by atoms with Crippen molar-refractivity contribution < 1.29 is 4.92 Å². The molecule has 0 N–H and O–H groups in total. The lowest BCUT2D eigenvalue weighted by Gasteiger charge is -2.11. The van der Waals surface area contributed by atoms with Crippen LogP contribution in [0.25, 0.3) is 27.8 Å². The number of rotatable bonds is 4. The molecule has 0 aliphatic heterocycles. The Labute approximate surface area is 165 Å². The highest BCUT2D eigenvalue weighted by atomic mass is 16.6. The number of benzene rings is 2. The molecule has 0 fully saturated rings. The van der Waals surface area contributed by atoms with Crippen molar-refractivity contribution in [1.29, 1.82) is 0 Å². The molecule has 0 saturated carbocycles. The fraction of sp³-hybridized carbons (Fsp3) is 0.200. The zero-order valence-corrected chi connectivity index (χ0v) is 16.1. The first-order valence-corrected chi connectivity index (χ1v) is 9.04. The molecule has 2 aromatic heterocycles. The van der Waals surface area contributed by atoms with E-state index in [1.807, 2.05) is 24.5 Å². The number of nitrogens with zero attached hydrogens (tertiary/aromatic N) is 6. The summed E-state index contributed by atoms with van der Waals surface area (Å²) in [6.07, 6.45) is 3.20. The molecule has 0 amide bonds. The van der Waals surface area contributed by atoms with Crippen LogP contribution in [0.3, 0.4) is 0 Å².